The third-order valence-electron chi connectivity index (χ3n) is 6.10. The number of benzene rings is 2. The average Bonchev–Trinajstić information content (AvgIpc) is 3.36. The standard InChI is InChI=1S/C26H30N4O2S/c1-3-15-29(22-12-16-28(17-13-22)24(31)20-8-5-4-6-9-20)25(32)21-10-7-11-23(19-21)30-18-14-27-26(30)33-2/h4-11,14,18-19,22H,3,12-13,15-17H2,1-2H3. The van der Waals surface area contributed by atoms with E-state index >= 15 is 0 Å². The highest BCUT2D eigenvalue weighted by molar-refractivity contribution is 7.98. The monoisotopic (exact) mass is 462 g/mol. The van der Waals surface area contributed by atoms with Crippen LogP contribution in [-0.2, 0) is 0 Å². The lowest BCUT2D eigenvalue weighted by Gasteiger charge is -2.38. The number of amides is 2. The summed E-state index contributed by atoms with van der Waals surface area (Å²) < 4.78 is 2.00. The summed E-state index contributed by atoms with van der Waals surface area (Å²) in [6, 6.07) is 17.3. The number of piperidine rings is 1. The number of hydrogen-bond acceptors (Lipinski definition) is 4. The molecule has 1 aliphatic rings. The van der Waals surface area contributed by atoms with Gasteiger partial charge in [-0.2, -0.15) is 0 Å². The molecule has 0 atom stereocenters. The molecule has 0 aliphatic carbocycles. The molecule has 0 N–H and O–H groups in total. The second-order valence-corrected chi connectivity index (χ2v) is 9.00. The second kappa shape index (κ2) is 10.7. The Labute approximate surface area is 199 Å². The second-order valence-electron chi connectivity index (χ2n) is 8.22. The van der Waals surface area contributed by atoms with Crippen LogP contribution in [-0.4, -0.2) is 63.1 Å². The number of nitrogens with zero attached hydrogens (tertiary/aromatic N) is 4. The maximum Gasteiger partial charge on any atom is 0.254 e. The van der Waals surface area contributed by atoms with Crippen LogP contribution in [0, 0.1) is 0 Å². The van der Waals surface area contributed by atoms with E-state index in [4.69, 9.17) is 0 Å². The number of carbonyl (C=O) groups excluding carboxylic acids is 2. The third-order valence-corrected chi connectivity index (χ3v) is 6.77. The molecule has 1 saturated heterocycles. The van der Waals surface area contributed by atoms with Crippen LogP contribution in [0.1, 0.15) is 46.9 Å². The molecule has 172 valence electrons. The van der Waals surface area contributed by atoms with Gasteiger partial charge in [-0.25, -0.2) is 4.98 Å². The molecule has 0 spiro atoms. The Morgan fingerprint density at radius 3 is 2.48 bits per heavy atom. The quantitative estimate of drug-likeness (QED) is 0.476. The molecular weight excluding hydrogens is 432 g/mol. The predicted octanol–water partition coefficient (Wildman–Crippen LogP) is 4.75. The van der Waals surface area contributed by atoms with Gasteiger partial charge < -0.3 is 9.80 Å². The first-order valence-corrected chi connectivity index (χ1v) is 12.7. The van der Waals surface area contributed by atoms with Crippen molar-refractivity contribution in [2.45, 2.75) is 37.4 Å². The molecule has 1 aromatic heterocycles. The molecule has 7 heteroatoms. The number of thioether (sulfide) groups is 1. The van der Waals surface area contributed by atoms with E-state index in [9.17, 15) is 9.59 Å². The van der Waals surface area contributed by atoms with Crippen LogP contribution in [0.4, 0.5) is 0 Å². The zero-order valence-corrected chi connectivity index (χ0v) is 20.0. The van der Waals surface area contributed by atoms with E-state index in [-0.39, 0.29) is 17.9 Å². The van der Waals surface area contributed by atoms with E-state index in [2.05, 4.69) is 11.9 Å². The van der Waals surface area contributed by atoms with E-state index in [1.54, 1.807) is 18.0 Å². The van der Waals surface area contributed by atoms with Gasteiger partial charge in [0.05, 0.1) is 0 Å². The highest BCUT2D eigenvalue weighted by atomic mass is 32.2. The lowest BCUT2D eigenvalue weighted by Crippen LogP contribution is -2.49. The minimum absolute atomic E-state index is 0.0531. The van der Waals surface area contributed by atoms with Crippen molar-refractivity contribution in [3.05, 3.63) is 78.1 Å². The molecule has 33 heavy (non-hydrogen) atoms. The van der Waals surface area contributed by atoms with Gasteiger partial charge >= 0.3 is 0 Å². The Hall–Kier alpha value is -3.06. The van der Waals surface area contributed by atoms with Crippen LogP contribution in [0.2, 0.25) is 0 Å². The Kier molecular flexibility index (Phi) is 7.50. The van der Waals surface area contributed by atoms with E-state index in [1.807, 2.05) is 81.4 Å². The lowest BCUT2D eigenvalue weighted by molar-refractivity contribution is 0.0519. The Bertz CT molecular complexity index is 1090. The van der Waals surface area contributed by atoms with Gasteiger partial charge in [-0.3, -0.25) is 14.2 Å². The van der Waals surface area contributed by atoms with Gasteiger partial charge in [-0.05, 0) is 55.9 Å². The summed E-state index contributed by atoms with van der Waals surface area (Å²) in [4.78, 5) is 34.6. The van der Waals surface area contributed by atoms with Crippen molar-refractivity contribution in [2.75, 3.05) is 25.9 Å². The summed E-state index contributed by atoms with van der Waals surface area (Å²) >= 11 is 1.57. The van der Waals surface area contributed by atoms with Crippen molar-refractivity contribution >= 4 is 23.6 Å². The molecule has 1 aliphatic heterocycles. The highest BCUT2D eigenvalue weighted by Crippen LogP contribution is 2.23. The van der Waals surface area contributed by atoms with Crippen LogP contribution in [0.25, 0.3) is 5.69 Å². The summed E-state index contributed by atoms with van der Waals surface area (Å²) in [6.45, 7) is 4.14. The first-order chi connectivity index (χ1) is 16.1. The summed E-state index contributed by atoms with van der Waals surface area (Å²) in [5, 5.41) is 0.889. The molecule has 2 heterocycles. The number of carbonyl (C=O) groups is 2. The molecule has 2 aromatic carbocycles. The fraction of sp³-hybridized carbons (Fsp3) is 0.346. The normalized spacial score (nSPS) is 14.3. The van der Waals surface area contributed by atoms with Crippen LogP contribution >= 0.6 is 11.8 Å². The molecule has 0 bridgehead atoms. The Morgan fingerprint density at radius 1 is 1.06 bits per heavy atom. The highest BCUT2D eigenvalue weighted by Gasteiger charge is 2.30. The SMILES string of the molecule is CCCN(C(=O)c1cccc(-n2ccnc2SC)c1)C1CCN(C(=O)c2ccccc2)CC1. The van der Waals surface area contributed by atoms with Crippen molar-refractivity contribution in [2.24, 2.45) is 0 Å². The van der Waals surface area contributed by atoms with Crippen molar-refractivity contribution < 1.29 is 9.59 Å². The number of hydrogen-bond donors (Lipinski definition) is 0. The van der Waals surface area contributed by atoms with Crippen molar-refractivity contribution in [1.29, 1.82) is 0 Å². The summed E-state index contributed by atoms with van der Waals surface area (Å²) in [5.41, 5.74) is 2.34. The van der Waals surface area contributed by atoms with Gasteiger partial charge in [0.15, 0.2) is 5.16 Å². The summed E-state index contributed by atoms with van der Waals surface area (Å²) in [6.07, 6.45) is 8.16. The van der Waals surface area contributed by atoms with Gasteiger partial charge in [0.25, 0.3) is 11.8 Å². The first kappa shape index (κ1) is 23.1. The summed E-state index contributed by atoms with van der Waals surface area (Å²) in [7, 11) is 0. The molecule has 0 radical (unpaired) electrons. The van der Waals surface area contributed by atoms with Crippen LogP contribution < -0.4 is 0 Å². The van der Waals surface area contributed by atoms with Gasteiger partial charge in [0.1, 0.15) is 0 Å². The van der Waals surface area contributed by atoms with Gasteiger partial charge in [0, 0.05) is 54.9 Å². The largest absolute Gasteiger partial charge is 0.338 e. The fourth-order valence-corrected chi connectivity index (χ4v) is 4.96. The van der Waals surface area contributed by atoms with Crippen LogP contribution in [0.15, 0.2) is 72.1 Å². The Balaban J connectivity index is 1.47. The minimum Gasteiger partial charge on any atom is -0.338 e. The zero-order valence-electron chi connectivity index (χ0n) is 19.2. The Morgan fingerprint density at radius 2 is 1.79 bits per heavy atom. The predicted molar refractivity (Wildman–Crippen MR) is 132 cm³/mol. The number of rotatable bonds is 7. The minimum atomic E-state index is 0.0531. The van der Waals surface area contributed by atoms with Crippen molar-refractivity contribution in [3.63, 3.8) is 0 Å². The average molecular weight is 463 g/mol. The summed E-state index contributed by atoms with van der Waals surface area (Å²) in [5.74, 6) is 0.123. The first-order valence-electron chi connectivity index (χ1n) is 11.5. The number of imidazole rings is 1. The van der Waals surface area contributed by atoms with Crippen LogP contribution in [0.5, 0.6) is 0 Å². The topological polar surface area (TPSA) is 58.4 Å². The lowest BCUT2D eigenvalue weighted by atomic mass is 10.0. The molecule has 2 amide bonds. The molecular formula is C26H30N4O2S. The number of aromatic nitrogens is 2. The van der Waals surface area contributed by atoms with E-state index in [0.29, 0.717) is 25.2 Å². The van der Waals surface area contributed by atoms with Crippen molar-refractivity contribution in [3.8, 4) is 5.69 Å². The molecule has 1 fully saturated rings. The van der Waals surface area contributed by atoms with Crippen LogP contribution in [0.3, 0.4) is 0 Å². The maximum absolute atomic E-state index is 13.6. The molecule has 0 unspecified atom stereocenters. The maximum atomic E-state index is 13.6. The zero-order chi connectivity index (χ0) is 23.2. The van der Waals surface area contributed by atoms with Crippen molar-refractivity contribution in [1.82, 2.24) is 19.4 Å². The number of likely N-dealkylation sites (tertiary alicyclic amines) is 1. The molecule has 0 saturated carbocycles. The van der Waals surface area contributed by atoms with E-state index in [0.717, 1.165) is 35.7 Å². The molecule has 4 rings (SSSR count). The molecule has 6 nitrogen and oxygen atoms in total. The van der Waals surface area contributed by atoms with E-state index in [1.165, 1.54) is 0 Å². The van der Waals surface area contributed by atoms with Gasteiger partial charge in [0.2, 0.25) is 0 Å². The molecule has 3 aromatic rings. The van der Waals surface area contributed by atoms with Gasteiger partial charge in [-0.1, -0.05) is 43.0 Å². The smallest absolute Gasteiger partial charge is 0.254 e. The third kappa shape index (κ3) is 5.14. The fourth-order valence-electron chi connectivity index (χ4n) is 4.43. The van der Waals surface area contributed by atoms with Gasteiger partial charge in [-0.15, -0.1) is 0 Å². The van der Waals surface area contributed by atoms with E-state index < -0.39 is 0 Å².